The zero-order valence-electron chi connectivity index (χ0n) is 8.91. The normalized spacial score (nSPS) is 12.5. The maximum absolute atomic E-state index is 13.8. The van der Waals surface area contributed by atoms with Crippen molar-refractivity contribution in [2.45, 2.75) is 4.83 Å². The average Bonchev–Trinajstić information content (AvgIpc) is 2.74. The van der Waals surface area contributed by atoms with Crippen molar-refractivity contribution in [2.75, 3.05) is 7.11 Å². The van der Waals surface area contributed by atoms with Crippen LogP contribution in [0.25, 0.3) is 0 Å². The summed E-state index contributed by atoms with van der Waals surface area (Å²) in [6, 6.07) is 8.45. The van der Waals surface area contributed by atoms with Crippen LogP contribution in [0.4, 0.5) is 4.39 Å². The molecule has 1 aromatic heterocycles. The molecule has 0 saturated heterocycles. The molecule has 2 aromatic rings. The largest absolute Gasteiger partial charge is 0.496 e. The molecule has 5 heteroatoms. The fourth-order valence-corrected chi connectivity index (χ4v) is 3.47. The van der Waals surface area contributed by atoms with Gasteiger partial charge < -0.3 is 4.74 Å². The number of benzene rings is 1. The Balaban J connectivity index is 2.46. The summed E-state index contributed by atoms with van der Waals surface area (Å²) in [5, 5.41) is 0. The average molecular weight is 336 g/mol. The summed E-state index contributed by atoms with van der Waals surface area (Å²) in [6.45, 7) is 0. The van der Waals surface area contributed by atoms with E-state index >= 15 is 0 Å². The Morgan fingerprint density at radius 1 is 1.35 bits per heavy atom. The van der Waals surface area contributed by atoms with Gasteiger partial charge in [-0.15, -0.1) is 11.3 Å². The van der Waals surface area contributed by atoms with Crippen molar-refractivity contribution in [3.05, 3.63) is 50.9 Å². The molecule has 0 bridgehead atoms. The van der Waals surface area contributed by atoms with Gasteiger partial charge in [0.1, 0.15) is 11.6 Å². The van der Waals surface area contributed by atoms with Crippen LogP contribution in [0.15, 0.2) is 30.3 Å². The fourth-order valence-electron chi connectivity index (χ4n) is 1.55. The Morgan fingerprint density at radius 3 is 2.71 bits per heavy atom. The van der Waals surface area contributed by atoms with Gasteiger partial charge >= 0.3 is 0 Å². The van der Waals surface area contributed by atoms with Crippen molar-refractivity contribution in [2.24, 2.45) is 0 Å². The molecule has 1 heterocycles. The van der Waals surface area contributed by atoms with Crippen LogP contribution in [-0.2, 0) is 0 Å². The number of ether oxygens (including phenoxy) is 1. The molecule has 90 valence electrons. The number of rotatable bonds is 3. The quantitative estimate of drug-likeness (QED) is 0.715. The van der Waals surface area contributed by atoms with Gasteiger partial charge in [0.15, 0.2) is 0 Å². The first-order chi connectivity index (χ1) is 8.13. The molecule has 1 unspecified atom stereocenters. The van der Waals surface area contributed by atoms with Crippen LogP contribution in [0.1, 0.15) is 15.3 Å². The number of methoxy groups -OCH3 is 1. The summed E-state index contributed by atoms with van der Waals surface area (Å²) < 4.78 is 19.7. The highest BCUT2D eigenvalue weighted by Crippen LogP contribution is 2.41. The van der Waals surface area contributed by atoms with Crippen molar-refractivity contribution in [3.8, 4) is 5.75 Å². The molecule has 0 radical (unpaired) electrons. The Bertz CT molecular complexity index is 529. The second-order valence-corrected chi connectivity index (χ2v) is 6.02. The minimum atomic E-state index is -0.296. The Kier molecular flexibility index (Phi) is 4.07. The minimum absolute atomic E-state index is 0.254. The molecule has 0 aliphatic carbocycles. The lowest BCUT2D eigenvalue weighted by Gasteiger charge is -2.13. The van der Waals surface area contributed by atoms with Gasteiger partial charge in [0.25, 0.3) is 0 Å². The summed E-state index contributed by atoms with van der Waals surface area (Å²) in [7, 11) is 1.53. The van der Waals surface area contributed by atoms with E-state index in [0.29, 0.717) is 15.6 Å². The van der Waals surface area contributed by atoms with Crippen LogP contribution >= 0.6 is 38.9 Å². The maximum Gasteiger partial charge on any atom is 0.131 e. The maximum atomic E-state index is 13.8. The standard InChI is InChI=1S/C12H9BrClFOS/c1-16-8-4-2-3-7(15)11(8)12(13)9-5-6-10(14)17-9/h2-6,12H,1H3. The molecule has 0 aliphatic rings. The Morgan fingerprint density at radius 2 is 2.12 bits per heavy atom. The lowest BCUT2D eigenvalue weighted by atomic mass is 10.1. The molecule has 0 N–H and O–H groups in total. The number of halogens is 3. The predicted molar refractivity (Wildman–Crippen MR) is 73.1 cm³/mol. The molecule has 0 amide bonds. The summed E-state index contributed by atoms with van der Waals surface area (Å²) in [5.74, 6) is 0.229. The first-order valence-electron chi connectivity index (χ1n) is 4.85. The number of alkyl halides is 1. The van der Waals surface area contributed by atoms with Gasteiger partial charge in [0, 0.05) is 10.4 Å². The van der Waals surface area contributed by atoms with E-state index in [1.807, 2.05) is 6.07 Å². The molecule has 2 rings (SSSR count). The predicted octanol–water partition coefficient (Wildman–Crippen LogP) is 5.03. The van der Waals surface area contributed by atoms with Gasteiger partial charge in [-0.25, -0.2) is 4.39 Å². The Hall–Kier alpha value is -0.580. The van der Waals surface area contributed by atoms with Gasteiger partial charge in [-0.05, 0) is 24.3 Å². The lowest BCUT2D eigenvalue weighted by Crippen LogP contribution is -1.98. The number of thiophene rings is 1. The van der Waals surface area contributed by atoms with Crippen LogP contribution in [0.3, 0.4) is 0 Å². The van der Waals surface area contributed by atoms with Gasteiger partial charge in [0.05, 0.1) is 16.3 Å². The molecule has 1 atom stereocenters. The van der Waals surface area contributed by atoms with E-state index in [2.05, 4.69) is 15.9 Å². The Labute approximate surface area is 116 Å². The van der Waals surface area contributed by atoms with E-state index in [4.69, 9.17) is 16.3 Å². The number of hydrogen-bond donors (Lipinski definition) is 0. The third kappa shape index (κ3) is 2.64. The van der Waals surface area contributed by atoms with Crippen LogP contribution in [0.2, 0.25) is 4.34 Å². The monoisotopic (exact) mass is 334 g/mol. The van der Waals surface area contributed by atoms with Crippen LogP contribution in [-0.4, -0.2) is 7.11 Å². The lowest BCUT2D eigenvalue weighted by molar-refractivity contribution is 0.405. The van der Waals surface area contributed by atoms with E-state index in [1.165, 1.54) is 24.5 Å². The zero-order chi connectivity index (χ0) is 12.4. The molecule has 1 nitrogen and oxygen atoms in total. The zero-order valence-corrected chi connectivity index (χ0v) is 12.1. The minimum Gasteiger partial charge on any atom is -0.496 e. The molecule has 0 saturated carbocycles. The topological polar surface area (TPSA) is 9.23 Å². The van der Waals surface area contributed by atoms with Crippen molar-refractivity contribution < 1.29 is 9.13 Å². The second kappa shape index (κ2) is 5.38. The molecular weight excluding hydrogens is 327 g/mol. The molecule has 1 aromatic carbocycles. The molecule has 0 fully saturated rings. The fraction of sp³-hybridized carbons (Fsp3) is 0.167. The van der Waals surface area contributed by atoms with Crippen LogP contribution < -0.4 is 4.74 Å². The third-order valence-corrected chi connectivity index (χ3v) is 4.88. The first-order valence-corrected chi connectivity index (χ1v) is 6.96. The second-order valence-electron chi connectivity index (χ2n) is 3.36. The SMILES string of the molecule is COc1cccc(F)c1C(Br)c1ccc(Cl)s1. The molecular formula is C12H9BrClFOS. The molecule has 0 spiro atoms. The van der Waals surface area contributed by atoms with Crippen LogP contribution in [0, 0.1) is 5.82 Å². The van der Waals surface area contributed by atoms with Gasteiger partial charge in [-0.3, -0.25) is 0 Å². The van der Waals surface area contributed by atoms with E-state index in [1.54, 1.807) is 18.2 Å². The first kappa shape index (κ1) is 12.9. The summed E-state index contributed by atoms with van der Waals surface area (Å²) in [5.41, 5.74) is 0.494. The van der Waals surface area contributed by atoms with E-state index in [-0.39, 0.29) is 10.6 Å². The highest BCUT2D eigenvalue weighted by Gasteiger charge is 2.20. The smallest absolute Gasteiger partial charge is 0.131 e. The molecule has 17 heavy (non-hydrogen) atoms. The van der Waals surface area contributed by atoms with Crippen LogP contribution in [0.5, 0.6) is 5.75 Å². The highest BCUT2D eigenvalue weighted by molar-refractivity contribution is 9.09. The number of hydrogen-bond acceptors (Lipinski definition) is 2. The van der Waals surface area contributed by atoms with Gasteiger partial charge in [0.2, 0.25) is 0 Å². The van der Waals surface area contributed by atoms with Crippen molar-refractivity contribution in [1.29, 1.82) is 0 Å². The van der Waals surface area contributed by atoms with E-state index in [9.17, 15) is 4.39 Å². The van der Waals surface area contributed by atoms with Crippen molar-refractivity contribution in [1.82, 2.24) is 0 Å². The highest BCUT2D eigenvalue weighted by atomic mass is 79.9. The van der Waals surface area contributed by atoms with Crippen molar-refractivity contribution in [3.63, 3.8) is 0 Å². The third-order valence-electron chi connectivity index (χ3n) is 2.33. The van der Waals surface area contributed by atoms with Crippen molar-refractivity contribution >= 4 is 38.9 Å². The van der Waals surface area contributed by atoms with Gasteiger partial charge in [-0.1, -0.05) is 33.6 Å². The summed E-state index contributed by atoms with van der Waals surface area (Å²) in [6.07, 6.45) is 0. The van der Waals surface area contributed by atoms with E-state index in [0.717, 1.165) is 4.88 Å². The summed E-state index contributed by atoms with van der Waals surface area (Å²) in [4.78, 5) is 0.689. The van der Waals surface area contributed by atoms with E-state index < -0.39 is 0 Å². The van der Waals surface area contributed by atoms with Gasteiger partial charge in [-0.2, -0.15) is 0 Å². The molecule has 0 aliphatic heterocycles. The summed E-state index contributed by atoms with van der Waals surface area (Å²) >= 11 is 10.8.